The van der Waals surface area contributed by atoms with Gasteiger partial charge in [-0.2, -0.15) is 5.10 Å². The van der Waals surface area contributed by atoms with Crippen LogP contribution in [0.5, 0.6) is 0 Å². The van der Waals surface area contributed by atoms with Crippen LogP contribution in [0.3, 0.4) is 0 Å². The van der Waals surface area contributed by atoms with Crippen LogP contribution in [0.1, 0.15) is 24.5 Å². The van der Waals surface area contributed by atoms with E-state index in [4.69, 9.17) is 5.11 Å². The number of nitrogens with one attached hydrogen (secondary N) is 1. The molecule has 2 aromatic rings. The lowest BCUT2D eigenvalue weighted by Crippen LogP contribution is -2.38. The van der Waals surface area contributed by atoms with Gasteiger partial charge in [0.25, 0.3) is 0 Å². The maximum atomic E-state index is 13.1. The van der Waals surface area contributed by atoms with Gasteiger partial charge in [-0.05, 0) is 37.1 Å². The number of halogens is 1. The zero-order valence-corrected chi connectivity index (χ0v) is 12.1. The highest BCUT2D eigenvalue weighted by atomic mass is 19.1. The first-order valence-corrected chi connectivity index (χ1v) is 7.37. The van der Waals surface area contributed by atoms with Gasteiger partial charge in [-0.25, -0.2) is 4.39 Å². The van der Waals surface area contributed by atoms with E-state index >= 15 is 0 Å². The van der Waals surface area contributed by atoms with Crippen molar-refractivity contribution in [1.82, 2.24) is 15.1 Å². The third-order valence-corrected chi connectivity index (χ3v) is 4.10. The van der Waals surface area contributed by atoms with E-state index in [0.717, 1.165) is 36.2 Å². The molecule has 1 unspecified atom stereocenters. The van der Waals surface area contributed by atoms with Crippen molar-refractivity contribution < 1.29 is 14.3 Å². The number of aromatic amines is 1. The van der Waals surface area contributed by atoms with Gasteiger partial charge in [-0.1, -0.05) is 12.1 Å². The number of piperidine rings is 1. The number of nitrogens with zero attached hydrogens (tertiary/aromatic N) is 2. The largest absolute Gasteiger partial charge is 0.480 e. The number of H-pyrrole nitrogens is 1. The average molecular weight is 303 g/mol. The molecule has 6 heteroatoms. The van der Waals surface area contributed by atoms with Gasteiger partial charge in [0, 0.05) is 23.7 Å². The molecule has 1 aliphatic heterocycles. The Morgan fingerprint density at radius 2 is 2.18 bits per heavy atom. The SMILES string of the molecule is O=C(O)CN1CCCC(c2[nH]ncc2-c2ccc(F)cc2)C1. The summed E-state index contributed by atoms with van der Waals surface area (Å²) in [7, 11) is 0. The number of hydrogen-bond acceptors (Lipinski definition) is 3. The van der Waals surface area contributed by atoms with Crippen molar-refractivity contribution in [2.24, 2.45) is 0 Å². The van der Waals surface area contributed by atoms with E-state index in [9.17, 15) is 9.18 Å². The van der Waals surface area contributed by atoms with Crippen molar-refractivity contribution in [1.29, 1.82) is 0 Å². The summed E-state index contributed by atoms with van der Waals surface area (Å²) in [5.74, 6) is -0.848. The molecule has 1 saturated heterocycles. The second kappa shape index (κ2) is 6.27. The number of rotatable bonds is 4. The molecule has 1 fully saturated rings. The summed E-state index contributed by atoms with van der Waals surface area (Å²) >= 11 is 0. The number of benzene rings is 1. The fraction of sp³-hybridized carbons (Fsp3) is 0.375. The third kappa shape index (κ3) is 3.17. The Labute approximate surface area is 127 Å². The van der Waals surface area contributed by atoms with Crippen molar-refractivity contribution >= 4 is 5.97 Å². The predicted molar refractivity (Wildman–Crippen MR) is 80.0 cm³/mol. The normalized spacial score (nSPS) is 19.2. The maximum Gasteiger partial charge on any atom is 0.317 e. The van der Waals surface area contributed by atoms with E-state index in [-0.39, 0.29) is 18.3 Å². The van der Waals surface area contributed by atoms with Crippen LogP contribution < -0.4 is 0 Å². The lowest BCUT2D eigenvalue weighted by atomic mass is 9.90. The Balaban J connectivity index is 1.82. The molecule has 0 saturated carbocycles. The quantitative estimate of drug-likeness (QED) is 0.910. The maximum absolute atomic E-state index is 13.1. The minimum Gasteiger partial charge on any atom is -0.480 e. The monoisotopic (exact) mass is 303 g/mol. The Morgan fingerprint density at radius 3 is 2.91 bits per heavy atom. The molecular formula is C16H18FN3O2. The lowest BCUT2D eigenvalue weighted by molar-refractivity contribution is -0.138. The molecule has 0 amide bonds. The highest BCUT2D eigenvalue weighted by molar-refractivity contribution is 5.69. The van der Waals surface area contributed by atoms with Gasteiger partial charge >= 0.3 is 5.97 Å². The Kier molecular flexibility index (Phi) is 4.20. The molecule has 116 valence electrons. The first-order valence-electron chi connectivity index (χ1n) is 7.37. The average Bonchev–Trinajstić information content (AvgIpc) is 2.97. The standard InChI is InChI=1S/C16H18FN3O2/c17-13-5-3-11(4-6-13)14-8-18-19-16(14)12-2-1-7-20(9-12)10-15(21)22/h3-6,8,12H,1-2,7,9-10H2,(H,18,19)(H,21,22). The zero-order chi connectivity index (χ0) is 15.5. The first-order chi connectivity index (χ1) is 10.6. The van der Waals surface area contributed by atoms with Gasteiger partial charge in [0.05, 0.1) is 12.7 Å². The van der Waals surface area contributed by atoms with Gasteiger partial charge in [0.2, 0.25) is 0 Å². The number of aliphatic carboxylic acids is 1. The molecule has 0 radical (unpaired) electrons. The summed E-state index contributed by atoms with van der Waals surface area (Å²) in [6.07, 6.45) is 3.70. The van der Waals surface area contributed by atoms with Gasteiger partial charge in [-0.3, -0.25) is 14.8 Å². The van der Waals surface area contributed by atoms with E-state index in [0.29, 0.717) is 6.54 Å². The van der Waals surface area contributed by atoms with Crippen LogP contribution in [0.15, 0.2) is 30.5 Å². The van der Waals surface area contributed by atoms with Crippen LogP contribution in [0, 0.1) is 5.82 Å². The molecule has 0 bridgehead atoms. The molecule has 1 aromatic heterocycles. The second-order valence-corrected chi connectivity index (χ2v) is 5.67. The Bertz CT molecular complexity index is 654. The van der Waals surface area contributed by atoms with Crippen LogP contribution in [0.25, 0.3) is 11.1 Å². The van der Waals surface area contributed by atoms with Crippen LogP contribution in [0.4, 0.5) is 4.39 Å². The summed E-state index contributed by atoms with van der Waals surface area (Å²) in [4.78, 5) is 12.8. The molecule has 1 aliphatic rings. The Hall–Kier alpha value is -2.21. The second-order valence-electron chi connectivity index (χ2n) is 5.67. The van der Waals surface area contributed by atoms with Crippen LogP contribution in [0.2, 0.25) is 0 Å². The highest BCUT2D eigenvalue weighted by Crippen LogP contribution is 2.32. The van der Waals surface area contributed by atoms with Crippen molar-refractivity contribution in [3.63, 3.8) is 0 Å². The highest BCUT2D eigenvalue weighted by Gasteiger charge is 2.26. The van der Waals surface area contributed by atoms with Crippen LogP contribution in [-0.2, 0) is 4.79 Å². The summed E-state index contributed by atoms with van der Waals surface area (Å²) in [6.45, 7) is 1.57. The molecule has 2 N–H and O–H groups in total. The molecule has 2 heterocycles. The first kappa shape index (κ1) is 14.7. The van der Waals surface area contributed by atoms with E-state index in [2.05, 4.69) is 10.2 Å². The molecule has 1 aromatic carbocycles. The molecule has 3 rings (SSSR count). The fourth-order valence-electron chi connectivity index (χ4n) is 3.09. The van der Waals surface area contributed by atoms with Crippen molar-refractivity contribution in [3.8, 4) is 11.1 Å². The smallest absolute Gasteiger partial charge is 0.317 e. The Morgan fingerprint density at radius 1 is 1.41 bits per heavy atom. The molecule has 22 heavy (non-hydrogen) atoms. The molecule has 5 nitrogen and oxygen atoms in total. The topological polar surface area (TPSA) is 69.2 Å². The number of hydrogen-bond donors (Lipinski definition) is 2. The predicted octanol–water partition coefficient (Wildman–Crippen LogP) is 2.48. The van der Waals surface area contributed by atoms with E-state index < -0.39 is 5.97 Å². The molecule has 0 aliphatic carbocycles. The summed E-state index contributed by atoms with van der Waals surface area (Å²) < 4.78 is 13.1. The minimum atomic E-state index is -0.802. The van der Waals surface area contributed by atoms with Crippen molar-refractivity contribution in [3.05, 3.63) is 42.0 Å². The number of carbonyl (C=O) groups is 1. The summed E-state index contributed by atoms with van der Waals surface area (Å²) in [5, 5.41) is 16.1. The molecule has 1 atom stereocenters. The molecular weight excluding hydrogens is 285 g/mol. The van der Waals surface area contributed by atoms with E-state index in [1.165, 1.54) is 12.1 Å². The van der Waals surface area contributed by atoms with E-state index in [1.807, 2.05) is 4.90 Å². The number of aromatic nitrogens is 2. The third-order valence-electron chi connectivity index (χ3n) is 4.10. The van der Waals surface area contributed by atoms with Gasteiger partial charge in [0.15, 0.2) is 0 Å². The fourth-order valence-corrected chi connectivity index (χ4v) is 3.09. The van der Waals surface area contributed by atoms with Gasteiger partial charge in [-0.15, -0.1) is 0 Å². The van der Waals surface area contributed by atoms with E-state index in [1.54, 1.807) is 18.3 Å². The van der Waals surface area contributed by atoms with Gasteiger partial charge < -0.3 is 5.11 Å². The number of carboxylic acids is 1. The summed E-state index contributed by atoms with van der Waals surface area (Å²) in [6, 6.07) is 6.34. The van der Waals surface area contributed by atoms with Crippen LogP contribution in [-0.4, -0.2) is 45.8 Å². The van der Waals surface area contributed by atoms with Crippen LogP contribution >= 0.6 is 0 Å². The zero-order valence-electron chi connectivity index (χ0n) is 12.1. The summed E-state index contributed by atoms with van der Waals surface area (Å²) in [5.41, 5.74) is 2.88. The number of carboxylic acid groups (broad SMARTS) is 1. The van der Waals surface area contributed by atoms with Gasteiger partial charge in [0.1, 0.15) is 5.82 Å². The van der Waals surface area contributed by atoms with Crippen molar-refractivity contribution in [2.75, 3.05) is 19.6 Å². The number of likely N-dealkylation sites (tertiary alicyclic amines) is 1. The minimum absolute atomic E-state index is 0.0660. The lowest BCUT2D eigenvalue weighted by Gasteiger charge is -2.31. The van der Waals surface area contributed by atoms with Crippen molar-refractivity contribution in [2.45, 2.75) is 18.8 Å². The molecule has 0 spiro atoms.